The molecule has 1 aliphatic heterocycles. The summed E-state index contributed by atoms with van der Waals surface area (Å²) in [4.78, 5) is 50.6. The van der Waals surface area contributed by atoms with Crippen LogP contribution in [0.2, 0.25) is 0 Å². The van der Waals surface area contributed by atoms with E-state index in [0.29, 0.717) is 0 Å². The first-order valence-corrected chi connectivity index (χ1v) is 13.5. The first-order chi connectivity index (χ1) is 19.1. The average Bonchev–Trinajstić information content (AvgIpc) is 2.93. The Hall–Kier alpha value is -3.50. The van der Waals surface area contributed by atoms with Crippen molar-refractivity contribution in [2.24, 2.45) is 11.8 Å². The highest BCUT2D eigenvalue weighted by molar-refractivity contribution is 5.85. The molecule has 10 heteroatoms. The number of amides is 2. The SMILES string of the molecule is COC1COC(=O)[C@H](Cc2ccccc2)NC(=O)C/C=C/[C@@H](C)[C@H](OC)COC(=O)[C@H](C)NC(=O)C/C=C/[C@H]1C. The summed E-state index contributed by atoms with van der Waals surface area (Å²) in [5.41, 5.74) is 0.875. The van der Waals surface area contributed by atoms with Gasteiger partial charge in [-0.15, -0.1) is 0 Å². The van der Waals surface area contributed by atoms with E-state index in [1.165, 1.54) is 14.2 Å². The van der Waals surface area contributed by atoms with Gasteiger partial charge in [0.25, 0.3) is 0 Å². The van der Waals surface area contributed by atoms with Gasteiger partial charge in [0, 0.05) is 45.3 Å². The summed E-state index contributed by atoms with van der Waals surface area (Å²) >= 11 is 0. The van der Waals surface area contributed by atoms with E-state index in [0.717, 1.165) is 5.56 Å². The Balaban J connectivity index is 2.23. The molecular weight excluding hydrogens is 516 g/mol. The van der Waals surface area contributed by atoms with Gasteiger partial charge in [-0.1, -0.05) is 68.5 Å². The fourth-order valence-corrected chi connectivity index (χ4v) is 4.11. The summed E-state index contributed by atoms with van der Waals surface area (Å²) in [6.45, 7) is 5.24. The normalized spacial score (nSPS) is 29.9. The van der Waals surface area contributed by atoms with Gasteiger partial charge in [0.05, 0.1) is 12.2 Å². The second kappa shape index (κ2) is 17.2. The summed E-state index contributed by atoms with van der Waals surface area (Å²) in [7, 11) is 3.02. The highest BCUT2D eigenvalue weighted by atomic mass is 16.6. The smallest absolute Gasteiger partial charge is 0.329 e. The average molecular weight is 559 g/mol. The van der Waals surface area contributed by atoms with Crippen LogP contribution in [0.4, 0.5) is 0 Å². The van der Waals surface area contributed by atoms with Crippen molar-refractivity contribution in [1.29, 1.82) is 0 Å². The number of rotatable bonds is 4. The van der Waals surface area contributed by atoms with Crippen LogP contribution in [0.5, 0.6) is 0 Å². The molecule has 2 amide bonds. The van der Waals surface area contributed by atoms with Gasteiger partial charge in [0.2, 0.25) is 11.8 Å². The molecule has 0 bridgehead atoms. The number of ether oxygens (including phenoxy) is 4. The molecule has 0 saturated heterocycles. The van der Waals surface area contributed by atoms with Gasteiger partial charge < -0.3 is 29.6 Å². The number of hydrogen-bond donors (Lipinski definition) is 2. The third kappa shape index (κ3) is 11.3. The van der Waals surface area contributed by atoms with Crippen molar-refractivity contribution in [3.63, 3.8) is 0 Å². The van der Waals surface area contributed by atoms with Crippen molar-refractivity contribution < 1.29 is 38.1 Å². The van der Waals surface area contributed by atoms with Crippen molar-refractivity contribution in [2.75, 3.05) is 27.4 Å². The molecule has 0 spiro atoms. The topological polar surface area (TPSA) is 129 Å². The van der Waals surface area contributed by atoms with Gasteiger partial charge in [0.1, 0.15) is 25.3 Å². The Morgan fingerprint density at radius 1 is 0.750 bits per heavy atom. The minimum atomic E-state index is -0.890. The number of methoxy groups -OCH3 is 2. The Morgan fingerprint density at radius 3 is 1.77 bits per heavy atom. The minimum Gasteiger partial charge on any atom is -0.461 e. The molecule has 40 heavy (non-hydrogen) atoms. The van der Waals surface area contributed by atoms with E-state index < -0.39 is 36.2 Å². The number of cyclic esters (lactones) is 2. The lowest BCUT2D eigenvalue weighted by molar-refractivity contribution is -0.152. The Kier molecular flexibility index (Phi) is 14.1. The summed E-state index contributed by atoms with van der Waals surface area (Å²) < 4.78 is 21.9. The first kappa shape index (κ1) is 32.7. The number of carbonyl (C=O) groups is 4. The van der Waals surface area contributed by atoms with E-state index in [2.05, 4.69) is 10.6 Å². The third-order valence-electron chi connectivity index (χ3n) is 6.68. The largest absolute Gasteiger partial charge is 0.461 e. The molecule has 2 rings (SSSR count). The maximum Gasteiger partial charge on any atom is 0.329 e. The van der Waals surface area contributed by atoms with E-state index in [1.54, 1.807) is 31.2 Å². The van der Waals surface area contributed by atoms with E-state index in [-0.39, 0.29) is 56.1 Å². The highest BCUT2D eigenvalue weighted by Crippen LogP contribution is 2.13. The van der Waals surface area contributed by atoms with Gasteiger partial charge in [-0.3, -0.25) is 9.59 Å². The highest BCUT2D eigenvalue weighted by Gasteiger charge is 2.26. The zero-order valence-electron chi connectivity index (χ0n) is 24.0. The van der Waals surface area contributed by atoms with Crippen LogP contribution in [0.1, 0.15) is 39.2 Å². The molecule has 0 aliphatic carbocycles. The molecular formula is C30H42N2O8. The maximum atomic E-state index is 13.1. The summed E-state index contributed by atoms with van der Waals surface area (Å²) in [6, 6.07) is 7.63. The van der Waals surface area contributed by atoms with Gasteiger partial charge in [-0.25, -0.2) is 9.59 Å². The lowest BCUT2D eigenvalue weighted by atomic mass is 10.0. The fourth-order valence-electron chi connectivity index (χ4n) is 4.11. The third-order valence-corrected chi connectivity index (χ3v) is 6.68. The second-order valence-corrected chi connectivity index (χ2v) is 9.89. The lowest BCUT2D eigenvalue weighted by Crippen LogP contribution is -2.44. The van der Waals surface area contributed by atoms with Crippen molar-refractivity contribution in [3.8, 4) is 0 Å². The minimum absolute atomic E-state index is 0.0198. The number of benzene rings is 1. The van der Waals surface area contributed by atoms with Crippen LogP contribution in [0, 0.1) is 11.8 Å². The fraction of sp³-hybridized carbons (Fsp3) is 0.533. The maximum absolute atomic E-state index is 13.1. The second-order valence-electron chi connectivity index (χ2n) is 9.89. The molecule has 1 heterocycles. The number of hydrogen-bond acceptors (Lipinski definition) is 8. The molecule has 1 unspecified atom stereocenters. The zero-order valence-corrected chi connectivity index (χ0v) is 24.0. The molecule has 2 N–H and O–H groups in total. The van der Waals surface area contributed by atoms with Crippen molar-refractivity contribution in [2.45, 2.75) is 64.3 Å². The Bertz CT molecular complexity index is 1030. The molecule has 1 aromatic rings. The van der Waals surface area contributed by atoms with Crippen molar-refractivity contribution in [3.05, 3.63) is 60.2 Å². The summed E-state index contributed by atoms with van der Waals surface area (Å²) in [5.74, 6) is -2.19. The lowest BCUT2D eigenvalue weighted by Gasteiger charge is -2.23. The summed E-state index contributed by atoms with van der Waals surface area (Å²) in [5, 5.41) is 5.41. The van der Waals surface area contributed by atoms with Crippen LogP contribution in [-0.2, 0) is 44.5 Å². The van der Waals surface area contributed by atoms with Crippen LogP contribution < -0.4 is 10.6 Å². The monoisotopic (exact) mass is 558 g/mol. The standard InChI is InChI=1S/C30H42N2O8/c1-20-12-10-16-28(34)32-24(17-23-13-7-6-8-14-23)30(36)40-19-26(38-5)21(2)11-9-15-27(33)31-22(3)29(35)39-18-25(20)37-4/h6-14,20-22,24-26H,15-19H2,1-5H3,(H,31,33)(H,32,34)/b11-9+,12-10+/t20-,21-,22+,24+,25-,26?/m1/s1. The van der Waals surface area contributed by atoms with Crippen molar-refractivity contribution in [1.82, 2.24) is 10.6 Å². The van der Waals surface area contributed by atoms with Crippen LogP contribution in [0.3, 0.4) is 0 Å². The molecule has 1 aromatic carbocycles. The molecule has 1 aliphatic rings. The molecule has 0 aromatic heterocycles. The predicted molar refractivity (Wildman–Crippen MR) is 149 cm³/mol. The molecule has 10 nitrogen and oxygen atoms in total. The summed E-state index contributed by atoms with van der Waals surface area (Å²) in [6.07, 6.45) is 6.36. The van der Waals surface area contributed by atoms with Gasteiger partial charge in [0.15, 0.2) is 0 Å². The van der Waals surface area contributed by atoms with Crippen LogP contribution in [0.15, 0.2) is 54.6 Å². The molecule has 6 atom stereocenters. The van der Waals surface area contributed by atoms with E-state index in [4.69, 9.17) is 18.9 Å². The molecule has 220 valence electrons. The van der Waals surface area contributed by atoms with Crippen LogP contribution in [-0.4, -0.2) is 75.5 Å². The van der Waals surface area contributed by atoms with Gasteiger partial charge in [-0.05, 0) is 12.5 Å². The first-order valence-electron chi connectivity index (χ1n) is 13.5. The van der Waals surface area contributed by atoms with Gasteiger partial charge in [-0.2, -0.15) is 0 Å². The number of nitrogens with one attached hydrogen (secondary N) is 2. The van der Waals surface area contributed by atoms with Crippen molar-refractivity contribution >= 4 is 23.8 Å². The van der Waals surface area contributed by atoms with E-state index >= 15 is 0 Å². The number of esters is 2. The van der Waals surface area contributed by atoms with Crippen LogP contribution in [0.25, 0.3) is 0 Å². The number of carbonyl (C=O) groups excluding carboxylic acids is 4. The Labute approximate surface area is 236 Å². The van der Waals surface area contributed by atoms with E-state index in [9.17, 15) is 19.2 Å². The quantitative estimate of drug-likeness (QED) is 0.426. The molecule has 0 fully saturated rings. The van der Waals surface area contributed by atoms with Crippen LogP contribution >= 0.6 is 0 Å². The van der Waals surface area contributed by atoms with E-state index in [1.807, 2.05) is 44.2 Å². The molecule has 0 radical (unpaired) electrons. The molecule has 0 saturated carbocycles. The van der Waals surface area contributed by atoms with Gasteiger partial charge >= 0.3 is 11.9 Å². The zero-order chi connectivity index (χ0) is 29.5. The predicted octanol–water partition coefficient (Wildman–Crippen LogP) is 2.51. The Morgan fingerprint density at radius 2 is 1.25 bits per heavy atom.